The smallest absolute Gasteiger partial charge is 0.314 e. The van der Waals surface area contributed by atoms with E-state index in [1.54, 1.807) is 30.3 Å². The molecule has 0 radical (unpaired) electrons. The van der Waals surface area contributed by atoms with E-state index in [-0.39, 0.29) is 18.1 Å². The maximum Gasteiger partial charge on any atom is 0.314 e. The number of rotatable bonds is 6. The average Bonchev–Trinajstić information content (AvgIpc) is 3.46. The summed E-state index contributed by atoms with van der Waals surface area (Å²) in [6, 6.07) is 11.4. The molecule has 1 aliphatic heterocycles. The Morgan fingerprint density at radius 1 is 1.03 bits per heavy atom. The molecule has 172 valence electrons. The summed E-state index contributed by atoms with van der Waals surface area (Å²) < 4.78 is 44.0. The van der Waals surface area contributed by atoms with Crippen molar-refractivity contribution < 1.29 is 27.5 Å². The molecular formula is C23H16F3N5O3. The maximum absolute atomic E-state index is 13.4. The van der Waals surface area contributed by atoms with E-state index in [2.05, 4.69) is 20.2 Å². The lowest BCUT2D eigenvalue weighted by Gasteiger charge is -2.31. The van der Waals surface area contributed by atoms with E-state index in [1.165, 1.54) is 29.3 Å². The summed E-state index contributed by atoms with van der Waals surface area (Å²) in [5.41, 5.74) is 1.85. The summed E-state index contributed by atoms with van der Waals surface area (Å²) in [4.78, 5) is 23.1. The van der Waals surface area contributed by atoms with Crippen LogP contribution in [0.3, 0.4) is 0 Å². The number of halogens is 3. The van der Waals surface area contributed by atoms with Gasteiger partial charge < -0.3 is 14.4 Å². The van der Waals surface area contributed by atoms with E-state index in [1.807, 2.05) is 0 Å². The zero-order chi connectivity index (χ0) is 23.8. The molecule has 0 spiro atoms. The van der Waals surface area contributed by atoms with Gasteiger partial charge in [0, 0.05) is 23.9 Å². The topological polar surface area (TPSA) is 105 Å². The van der Waals surface area contributed by atoms with Crippen LogP contribution in [0.2, 0.25) is 0 Å². The number of nitrogens with zero attached hydrogens (tertiary/aromatic N) is 5. The van der Waals surface area contributed by atoms with Gasteiger partial charge in [-0.05, 0) is 42.0 Å². The highest BCUT2D eigenvalue weighted by Crippen LogP contribution is 2.39. The van der Waals surface area contributed by atoms with Crippen LogP contribution in [0, 0.1) is 5.82 Å². The Bertz CT molecular complexity index is 1330. The van der Waals surface area contributed by atoms with Crippen LogP contribution in [0.15, 0.2) is 65.3 Å². The van der Waals surface area contributed by atoms with E-state index in [0.29, 0.717) is 22.4 Å². The number of benzene rings is 1. The van der Waals surface area contributed by atoms with E-state index < -0.39 is 36.2 Å². The van der Waals surface area contributed by atoms with Gasteiger partial charge in [0.25, 0.3) is 11.8 Å². The monoisotopic (exact) mass is 467 g/mol. The summed E-state index contributed by atoms with van der Waals surface area (Å²) in [5, 5.41) is 18.1. The highest BCUT2D eigenvalue weighted by molar-refractivity contribution is 5.99. The van der Waals surface area contributed by atoms with E-state index >= 15 is 0 Å². The zero-order valence-electron chi connectivity index (χ0n) is 17.3. The number of hydrogen-bond acceptors (Lipinski definition) is 7. The summed E-state index contributed by atoms with van der Waals surface area (Å²) in [7, 11) is 0. The van der Waals surface area contributed by atoms with Crippen LogP contribution in [0.1, 0.15) is 51.8 Å². The average molecular weight is 467 g/mol. The molecule has 3 aromatic heterocycles. The van der Waals surface area contributed by atoms with Crippen LogP contribution < -0.4 is 0 Å². The first-order chi connectivity index (χ1) is 16.4. The van der Waals surface area contributed by atoms with Gasteiger partial charge in [-0.2, -0.15) is 8.78 Å². The Kier molecular flexibility index (Phi) is 5.54. The number of pyridine rings is 2. The van der Waals surface area contributed by atoms with Gasteiger partial charge in [-0.25, -0.2) is 4.39 Å². The molecule has 2 atom stereocenters. The molecule has 4 aromatic rings. The Morgan fingerprint density at radius 3 is 2.56 bits per heavy atom. The van der Waals surface area contributed by atoms with Crippen molar-refractivity contribution >= 4 is 5.91 Å². The van der Waals surface area contributed by atoms with Crippen LogP contribution in [0.5, 0.6) is 0 Å². The Morgan fingerprint density at radius 2 is 1.88 bits per heavy atom. The minimum atomic E-state index is -2.91. The number of amides is 1. The third kappa shape index (κ3) is 3.90. The third-order valence-electron chi connectivity index (χ3n) is 5.50. The number of alkyl halides is 2. The fourth-order valence-electron chi connectivity index (χ4n) is 3.89. The standard InChI is InChI=1S/C23H16F3N5O3/c24-14-6-7-17(28-10-14)19(32)18(16-3-1-2-8-27-16)31-11-13-5-4-12(9-15(13)23(31)33)21-29-30-22(34-21)20(25)26/h1-10,18-20,32H,11H2/t18-,19+/m0/s1. The van der Waals surface area contributed by atoms with Gasteiger partial charge >= 0.3 is 6.43 Å². The summed E-state index contributed by atoms with van der Waals surface area (Å²) in [6.07, 6.45) is -1.68. The number of aliphatic hydroxyl groups excluding tert-OH is 1. The Balaban J connectivity index is 1.50. The summed E-state index contributed by atoms with van der Waals surface area (Å²) in [5.74, 6) is -1.92. The van der Waals surface area contributed by atoms with Crippen LogP contribution in [-0.2, 0) is 6.54 Å². The number of aromatic nitrogens is 4. The fraction of sp³-hybridized carbons (Fsp3) is 0.174. The second kappa shape index (κ2) is 8.67. The van der Waals surface area contributed by atoms with E-state index in [4.69, 9.17) is 4.42 Å². The first-order valence-corrected chi connectivity index (χ1v) is 10.2. The molecule has 0 saturated heterocycles. The quantitative estimate of drug-likeness (QED) is 0.456. The van der Waals surface area contributed by atoms with Crippen molar-refractivity contribution in [3.8, 4) is 11.5 Å². The van der Waals surface area contributed by atoms with Crippen molar-refractivity contribution in [2.24, 2.45) is 0 Å². The van der Waals surface area contributed by atoms with Gasteiger partial charge in [0.2, 0.25) is 5.89 Å². The SMILES string of the molecule is O=C1c2cc(-c3nnc(C(F)F)o3)ccc2CN1[C@@H](c1ccccn1)[C@H](O)c1ccc(F)cn1. The van der Waals surface area contributed by atoms with Crippen LogP contribution in [0.25, 0.3) is 11.5 Å². The first-order valence-electron chi connectivity index (χ1n) is 10.2. The highest BCUT2D eigenvalue weighted by Gasteiger charge is 2.39. The molecule has 1 amide bonds. The van der Waals surface area contributed by atoms with Crippen molar-refractivity contribution in [2.45, 2.75) is 25.1 Å². The Labute approximate surface area is 190 Å². The number of aliphatic hydroxyl groups is 1. The second-order valence-corrected chi connectivity index (χ2v) is 7.60. The van der Waals surface area contributed by atoms with Crippen LogP contribution >= 0.6 is 0 Å². The van der Waals surface area contributed by atoms with Crippen molar-refractivity contribution in [3.05, 3.63) is 95.1 Å². The predicted molar refractivity (Wildman–Crippen MR) is 111 cm³/mol. The molecule has 0 unspecified atom stereocenters. The van der Waals surface area contributed by atoms with E-state index in [0.717, 1.165) is 6.20 Å². The number of carbonyl (C=O) groups excluding carboxylic acids is 1. The third-order valence-corrected chi connectivity index (χ3v) is 5.50. The number of hydrogen-bond donors (Lipinski definition) is 1. The maximum atomic E-state index is 13.4. The molecule has 0 saturated carbocycles. The molecule has 1 aliphatic rings. The normalized spacial score (nSPS) is 15.0. The van der Waals surface area contributed by atoms with E-state index in [9.17, 15) is 23.1 Å². The van der Waals surface area contributed by atoms with Gasteiger partial charge in [0.05, 0.1) is 17.6 Å². The largest absolute Gasteiger partial charge is 0.415 e. The second-order valence-electron chi connectivity index (χ2n) is 7.60. The van der Waals surface area contributed by atoms with Gasteiger partial charge in [0.1, 0.15) is 18.0 Å². The summed E-state index contributed by atoms with van der Waals surface area (Å²) >= 11 is 0. The predicted octanol–water partition coefficient (Wildman–Crippen LogP) is 4.03. The molecule has 4 heterocycles. The highest BCUT2D eigenvalue weighted by atomic mass is 19.3. The lowest BCUT2D eigenvalue weighted by Crippen LogP contribution is -2.34. The fourth-order valence-corrected chi connectivity index (χ4v) is 3.89. The van der Waals surface area contributed by atoms with Crippen molar-refractivity contribution in [2.75, 3.05) is 0 Å². The molecule has 5 rings (SSSR count). The van der Waals surface area contributed by atoms with Gasteiger partial charge in [-0.15, -0.1) is 10.2 Å². The minimum absolute atomic E-state index is 0.138. The zero-order valence-corrected chi connectivity index (χ0v) is 17.3. The molecule has 11 heteroatoms. The first kappa shape index (κ1) is 21.7. The minimum Gasteiger partial charge on any atom is -0.415 e. The summed E-state index contributed by atoms with van der Waals surface area (Å²) in [6.45, 7) is 0.153. The molecule has 0 bridgehead atoms. The lowest BCUT2D eigenvalue weighted by atomic mass is 10.0. The molecule has 0 aliphatic carbocycles. The van der Waals surface area contributed by atoms with Gasteiger partial charge in [-0.1, -0.05) is 12.1 Å². The number of carbonyl (C=O) groups is 1. The number of fused-ring (bicyclic) bond motifs is 1. The molecule has 8 nitrogen and oxygen atoms in total. The molecular weight excluding hydrogens is 451 g/mol. The van der Waals surface area contributed by atoms with Gasteiger partial charge in [0.15, 0.2) is 0 Å². The van der Waals surface area contributed by atoms with Crippen molar-refractivity contribution in [1.29, 1.82) is 0 Å². The van der Waals surface area contributed by atoms with Gasteiger partial charge in [-0.3, -0.25) is 14.8 Å². The lowest BCUT2D eigenvalue weighted by molar-refractivity contribution is 0.0331. The molecule has 1 N–H and O–H groups in total. The molecule has 0 fully saturated rings. The van der Waals surface area contributed by atoms with Crippen LogP contribution in [-0.4, -0.2) is 36.1 Å². The molecule has 1 aromatic carbocycles. The van der Waals surface area contributed by atoms with Crippen molar-refractivity contribution in [1.82, 2.24) is 25.1 Å². The molecule has 34 heavy (non-hydrogen) atoms. The van der Waals surface area contributed by atoms with Crippen LogP contribution in [0.4, 0.5) is 13.2 Å². The van der Waals surface area contributed by atoms with Crippen molar-refractivity contribution in [3.63, 3.8) is 0 Å². The Hall–Kier alpha value is -4.12.